The van der Waals surface area contributed by atoms with Crippen molar-refractivity contribution in [3.63, 3.8) is 0 Å². The molecule has 0 bridgehead atoms. The molecule has 1 aliphatic heterocycles. The van der Waals surface area contributed by atoms with Gasteiger partial charge in [0.25, 0.3) is 10.1 Å². The summed E-state index contributed by atoms with van der Waals surface area (Å²) in [6, 6.07) is 0.240. The summed E-state index contributed by atoms with van der Waals surface area (Å²) in [6.45, 7) is 2.31. The molecule has 0 aliphatic carbocycles. The molecule has 0 aromatic heterocycles. The average molecular weight is 263 g/mol. The molecule has 0 unspecified atom stereocenters. The van der Waals surface area contributed by atoms with Crippen LogP contribution in [0.15, 0.2) is 0 Å². The first-order valence-electron chi connectivity index (χ1n) is 6.00. The zero-order valence-corrected chi connectivity index (χ0v) is 11.3. The van der Waals surface area contributed by atoms with Crippen LogP contribution in [0.5, 0.6) is 0 Å². The van der Waals surface area contributed by atoms with Gasteiger partial charge in [-0.05, 0) is 31.6 Å². The number of hydrogen-bond acceptors (Lipinski definition) is 4. The quantitative estimate of drug-likeness (QED) is 0.574. The number of carbonyl (C=O) groups is 1. The number of amides is 1. The van der Waals surface area contributed by atoms with Crippen molar-refractivity contribution in [3.05, 3.63) is 0 Å². The summed E-state index contributed by atoms with van der Waals surface area (Å²) in [5, 5.41) is 2.96. The Morgan fingerprint density at radius 3 is 2.71 bits per heavy atom. The molecule has 17 heavy (non-hydrogen) atoms. The van der Waals surface area contributed by atoms with E-state index in [1.165, 1.54) is 0 Å². The van der Waals surface area contributed by atoms with Crippen LogP contribution in [0.3, 0.4) is 0 Å². The number of unbranched alkanes of at least 4 members (excludes halogenated alkanes) is 1. The van der Waals surface area contributed by atoms with Crippen LogP contribution in [0.4, 0.5) is 0 Å². The molecule has 1 rings (SSSR count). The highest BCUT2D eigenvalue weighted by Gasteiger charge is 2.22. The number of piperidine rings is 1. The highest BCUT2D eigenvalue weighted by molar-refractivity contribution is 7.85. The second kappa shape index (κ2) is 6.35. The third kappa shape index (κ3) is 6.63. The number of carbonyl (C=O) groups excluding carboxylic acids is 1. The van der Waals surface area contributed by atoms with Gasteiger partial charge in [0.2, 0.25) is 5.91 Å². The Bertz CT molecular complexity index is 352. The molecule has 1 fully saturated rings. The van der Waals surface area contributed by atoms with Gasteiger partial charge in [-0.1, -0.05) is 6.92 Å². The third-order valence-corrected chi connectivity index (χ3v) is 3.43. The summed E-state index contributed by atoms with van der Waals surface area (Å²) >= 11 is 0. The molecule has 1 amide bonds. The molecule has 1 heterocycles. The first-order valence-corrected chi connectivity index (χ1v) is 7.82. The lowest BCUT2D eigenvalue weighted by Gasteiger charge is -2.27. The Balaban J connectivity index is 2.12. The van der Waals surface area contributed by atoms with E-state index in [9.17, 15) is 13.2 Å². The SMILES string of the molecule is C[C@@H]1CC(=O)N[C@H](CCCCOS(C)(=O)=O)C1. The van der Waals surface area contributed by atoms with E-state index in [0.717, 1.165) is 25.5 Å². The van der Waals surface area contributed by atoms with Gasteiger partial charge in [-0.2, -0.15) is 8.42 Å². The van der Waals surface area contributed by atoms with Crippen molar-refractivity contribution < 1.29 is 17.4 Å². The van der Waals surface area contributed by atoms with Gasteiger partial charge in [0.1, 0.15) is 0 Å². The molecular weight excluding hydrogens is 242 g/mol. The molecule has 0 radical (unpaired) electrons. The van der Waals surface area contributed by atoms with Crippen LogP contribution < -0.4 is 5.32 Å². The van der Waals surface area contributed by atoms with E-state index in [0.29, 0.717) is 18.8 Å². The maximum atomic E-state index is 11.3. The first kappa shape index (κ1) is 14.4. The molecule has 0 aromatic carbocycles. The summed E-state index contributed by atoms with van der Waals surface area (Å²) in [5.74, 6) is 0.571. The molecule has 5 nitrogen and oxygen atoms in total. The lowest BCUT2D eigenvalue weighted by molar-refractivity contribution is -0.124. The van der Waals surface area contributed by atoms with E-state index in [4.69, 9.17) is 0 Å². The van der Waals surface area contributed by atoms with E-state index < -0.39 is 10.1 Å². The summed E-state index contributed by atoms with van der Waals surface area (Å²) in [5.41, 5.74) is 0. The molecular formula is C11H21NO4S. The van der Waals surface area contributed by atoms with Crippen LogP contribution in [0, 0.1) is 5.92 Å². The zero-order chi connectivity index (χ0) is 12.9. The molecule has 0 aromatic rings. The first-order chi connectivity index (χ1) is 7.87. The minimum atomic E-state index is -3.32. The van der Waals surface area contributed by atoms with E-state index in [1.807, 2.05) is 0 Å². The predicted octanol–water partition coefficient (Wildman–Crippen LogP) is 1.05. The fourth-order valence-corrected chi connectivity index (χ4v) is 2.54. The van der Waals surface area contributed by atoms with Crippen molar-refractivity contribution in [1.29, 1.82) is 0 Å². The van der Waals surface area contributed by atoms with Gasteiger partial charge >= 0.3 is 0 Å². The fraction of sp³-hybridized carbons (Fsp3) is 0.909. The smallest absolute Gasteiger partial charge is 0.264 e. The van der Waals surface area contributed by atoms with Crippen molar-refractivity contribution in [2.45, 2.75) is 45.1 Å². The normalized spacial score (nSPS) is 25.6. The van der Waals surface area contributed by atoms with Crippen LogP contribution in [0.25, 0.3) is 0 Å². The van der Waals surface area contributed by atoms with Crippen molar-refractivity contribution in [2.75, 3.05) is 12.9 Å². The van der Waals surface area contributed by atoms with E-state index >= 15 is 0 Å². The van der Waals surface area contributed by atoms with Gasteiger partial charge in [-0.25, -0.2) is 0 Å². The van der Waals surface area contributed by atoms with Crippen LogP contribution in [-0.2, 0) is 19.1 Å². The molecule has 100 valence electrons. The maximum Gasteiger partial charge on any atom is 0.264 e. The Kier molecular flexibility index (Phi) is 5.39. The lowest BCUT2D eigenvalue weighted by Crippen LogP contribution is -2.41. The Morgan fingerprint density at radius 1 is 1.41 bits per heavy atom. The van der Waals surface area contributed by atoms with Gasteiger partial charge in [-0.3, -0.25) is 8.98 Å². The third-order valence-electron chi connectivity index (χ3n) is 2.83. The van der Waals surface area contributed by atoms with Crippen LogP contribution in [0.1, 0.15) is 39.0 Å². The zero-order valence-electron chi connectivity index (χ0n) is 10.4. The van der Waals surface area contributed by atoms with Crippen LogP contribution >= 0.6 is 0 Å². The maximum absolute atomic E-state index is 11.3. The average Bonchev–Trinajstić information content (AvgIpc) is 2.13. The van der Waals surface area contributed by atoms with E-state index in [-0.39, 0.29) is 18.6 Å². The van der Waals surface area contributed by atoms with Gasteiger partial charge in [0.05, 0.1) is 12.9 Å². The van der Waals surface area contributed by atoms with Crippen molar-refractivity contribution >= 4 is 16.0 Å². The van der Waals surface area contributed by atoms with Gasteiger partial charge in [0, 0.05) is 12.5 Å². The van der Waals surface area contributed by atoms with Gasteiger partial charge in [0.15, 0.2) is 0 Å². The Morgan fingerprint density at radius 2 is 2.12 bits per heavy atom. The Hall–Kier alpha value is -0.620. The number of rotatable bonds is 6. The van der Waals surface area contributed by atoms with Gasteiger partial charge in [-0.15, -0.1) is 0 Å². The van der Waals surface area contributed by atoms with Crippen LogP contribution in [0.2, 0.25) is 0 Å². The summed E-state index contributed by atoms with van der Waals surface area (Å²) in [4.78, 5) is 11.3. The standard InChI is InChI=1S/C11H21NO4S/c1-9-7-10(12-11(13)8-9)5-3-4-6-16-17(2,14)15/h9-10H,3-8H2,1-2H3,(H,12,13)/t9-,10+/m0/s1. The molecule has 1 aliphatic rings. The highest BCUT2D eigenvalue weighted by atomic mass is 32.2. The molecule has 2 atom stereocenters. The monoisotopic (exact) mass is 263 g/mol. The fourth-order valence-electron chi connectivity index (χ4n) is 2.12. The Labute approximate surface area is 103 Å². The molecule has 0 saturated carbocycles. The van der Waals surface area contributed by atoms with Crippen molar-refractivity contribution in [3.8, 4) is 0 Å². The van der Waals surface area contributed by atoms with Gasteiger partial charge < -0.3 is 5.32 Å². The van der Waals surface area contributed by atoms with Crippen molar-refractivity contribution in [1.82, 2.24) is 5.32 Å². The van der Waals surface area contributed by atoms with E-state index in [1.54, 1.807) is 0 Å². The molecule has 1 N–H and O–H groups in total. The topological polar surface area (TPSA) is 72.5 Å². The highest BCUT2D eigenvalue weighted by Crippen LogP contribution is 2.19. The largest absolute Gasteiger partial charge is 0.353 e. The lowest BCUT2D eigenvalue weighted by atomic mass is 9.91. The van der Waals surface area contributed by atoms with E-state index in [2.05, 4.69) is 16.4 Å². The molecule has 1 saturated heterocycles. The number of hydrogen-bond donors (Lipinski definition) is 1. The second-order valence-corrected chi connectivity index (χ2v) is 6.48. The summed E-state index contributed by atoms with van der Waals surface area (Å²) in [6.07, 6.45) is 5.15. The number of nitrogens with one attached hydrogen (secondary N) is 1. The predicted molar refractivity (Wildman–Crippen MR) is 65.0 cm³/mol. The van der Waals surface area contributed by atoms with Crippen LogP contribution in [-0.4, -0.2) is 33.2 Å². The second-order valence-electron chi connectivity index (χ2n) is 4.83. The minimum absolute atomic E-state index is 0.126. The van der Waals surface area contributed by atoms with Crippen molar-refractivity contribution in [2.24, 2.45) is 5.92 Å². The molecule has 6 heteroatoms. The molecule has 0 spiro atoms. The summed E-state index contributed by atoms with van der Waals surface area (Å²) < 4.78 is 26.1. The minimum Gasteiger partial charge on any atom is -0.353 e. The summed E-state index contributed by atoms with van der Waals surface area (Å²) in [7, 11) is -3.32.